The van der Waals surface area contributed by atoms with Gasteiger partial charge in [0.05, 0.1) is 6.61 Å². The average Bonchev–Trinajstić information content (AvgIpc) is 2.82. The third kappa shape index (κ3) is 4.82. The van der Waals surface area contributed by atoms with Crippen molar-refractivity contribution in [1.29, 1.82) is 0 Å². The molecule has 0 aromatic heterocycles. The molecule has 0 spiro atoms. The van der Waals surface area contributed by atoms with Crippen LogP contribution in [-0.2, 0) is 19.1 Å². The molecule has 2 heterocycles. The summed E-state index contributed by atoms with van der Waals surface area (Å²) in [4.78, 5) is 26.8. The molecule has 2 unspecified atom stereocenters. The van der Waals surface area contributed by atoms with E-state index in [-0.39, 0.29) is 22.4 Å². The topological polar surface area (TPSA) is 143 Å². The van der Waals surface area contributed by atoms with Gasteiger partial charge < -0.3 is 34.6 Å². The molecule has 0 saturated carbocycles. The maximum absolute atomic E-state index is 13.4. The van der Waals surface area contributed by atoms with Crippen LogP contribution in [0.15, 0.2) is 46.9 Å². The number of aliphatic hydroxyl groups excluding tert-OH is 4. The number of ether oxygens (including phenoxy) is 3. The van der Waals surface area contributed by atoms with Crippen LogP contribution in [0.25, 0.3) is 0 Å². The molecule has 0 radical (unpaired) electrons. The van der Waals surface area contributed by atoms with Crippen molar-refractivity contribution in [2.45, 2.75) is 90.0 Å². The third-order valence-electron chi connectivity index (χ3n) is 7.90. The molecule has 1 aromatic rings. The van der Waals surface area contributed by atoms with Gasteiger partial charge in [-0.25, -0.2) is 0 Å². The first kappa shape index (κ1) is 27.0. The molecule has 2 aliphatic heterocycles. The van der Waals surface area contributed by atoms with E-state index in [1.54, 1.807) is 24.3 Å². The molecule has 9 nitrogen and oxygen atoms in total. The Balaban J connectivity index is 1.48. The van der Waals surface area contributed by atoms with Crippen LogP contribution < -0.4 is 4.74 Å². The lowest BCUT2D eigenvalue weighted by Gasteiger charge is -2.42. The van der Waals surface area contributed by atoms with Gasteiger partial charge in [-0.2, -0.15) is 0 Å². The third-order valence-corrected chi connectivity index (χ3v) is 7.90. The van der Waals surface area contributed by atoms with Gasteiger partial charge in [0, 0.05) is 42.7 Å². The van der Waals surface area contributed by atoms with E-state index in [2.05, 4.69) is 0 Å². The Bertz CT molecular complexity index is 1140. The van der Waals surface area contributed by atoms with Crippen LogP contribution in [0.1, 0.15) is 64.9 Å². The number of hydrogen-bond donors (Lipinski definition) is 4. The highest BCUT2D eigenvalue weighted by Crippen LogP contribution is 2.53. The number of Topliss-reactive ketones (excluding diaryl/α,β-unsaturated/α-hetero) is 2. The number of aliphatic hydroxyl groups is 4. The van der Waals surface area contributed by atoms with E-state index in [0.29, 0.717) is 54.1 Å². The SMILES string of the molecule is CC1(C)CC(=O)C2=C(C1)OC1=C(C(=O)CC(C)(C)C1)C2c1ccc(O[C@@H]2OC(CO)[C@@H](O)C(O)[C@@H]2O)cc1. The van der Waals surface area contributed by atoms with E-state index in [1.807, 2.05) is 27.7 Å². The number of benzene rings is 1. The van der Waals surface area contributed by atoms with Gasteiger partial charge in [-0.3, -0.25) is 9.59 Å². The van der Waals surface area contributed by atoms with E-state index >= 15 is 0 Å². The predicted octanol–water partition coefficient (Wildman–Crippen LogP) is 2.27. The van der Waals surface area contributed by atoms with Crippen LogP contribution in [0, 0.1) is 10.8 Å². The molecule has 5 rings (SSSR count). The van der Waals surface area contributed by atoms with Crippen LogP contribution in [0.5, 0.6) is 5.75 Å². The second-order valence-electron chi connectivity index (χ2n) is 12.5. The zero-order valence-electron chi connectivity index (χ0n) is 22.1. The monoisotopic (exact) mass is 528 g/mol. The summed E-state index contributed by atoms with van der Waals surface area (Å²) in [6.07, 6.45) is -5.01. The van der Waals surface area contributed by atoms with E-state index in [1.165, 1.54) is 0 Å². The lowest BCUT2D eigenvalue weighted by molar-refractivity contribution is -0.277. The summed E-state index contributed by atoms with van der Waals surface area (Å²) in [7, 11) is 0. The lowest BCUT2D eigenvalue weighted by Crippen LogP contribution is -2.60. The summed E-state index contributed by atoms with van der Waals surface area (Å²) >= 11 is 0. The van der Waals surface area contributed by atoms with Crippen molar-refractivity contribution in [2.24, 2.45) is 10.8 Å². The Morgan fingerprint density at radius 1 is 0.816 bits per heavy atom. The second kappa shape index (κ2) is 9.57. The minimum absolute atomic E-state index is 0.0212. The van der Waals surface area contributed by atoms with E-state index in [0.717, 1.165) is 5.56 Å². The van der Waals surface area contributed by atoms with Crippen LogP contribution >= 0.6 is 0 Å². The van der Waals surface area contributed by atoms with E-state index in [4.69, 9.17) is 14.2 Å². The van der Waals surface area contributed by atoms with Gasteiger partial charge in [-0.15, -0.1) is 0 Å². The second-order valence-corrected chi connectivity index (χ2v) is 12.5. The fourth-order valence-electron chi connectivity index (χ4n) is 6.05. The molecule has 0 amide bonds. The maximum Gasteiger partial charge on any atom is 0.229 e. The molecule has 38 heavy (non-hydrogen) atoms. The Kier molecular flexibility index (Phi) is 6.81. The Morgan fingerprint density at radius 2 is 1.34 bits per heavy atom. The molecule has 1 aromatic carbocycles. The van der Waals surface area contributed by atoms with Crippen LogP contribution in [0.4, 0.5) is 0 Å². The Morgan fingerprint density at radius 3 is 1.84 bits per heavy atom. The maximum atomic E-state index is 13.4. The fourth-order valence-corrected chi connectivity index (χ4v) is 6.05. The van der Waals surface area contributed by atoms with Crippen molar-refractivity contribution in [1.82, 2.24) is 0 Å². The standard InChI is InChI=1S/C29H36O9/c1-28(2)9-16(31)22-18(11-28)37-19-12-29(3,4)10-17(32)23(19)21(22)14-5-7-15(8-6-14)36-27-26(35)25(34)24(33)20(13-30)38-27/h5-8,20-21,24-27,30,33-35H,9-13H2,1-4H3/t20?,24-,25?,26+,27-/m1/s1. The largest absolute Gasteiger partial charge is 0.465 e. The minimum Gasteiger partial charge on any atom is -0.465 e. The van der Waals surface area contributed by atoms with Crippen LogP contribution in [0.2, 0.25) is 0 Å². The van der Waals surface area contributed by atoms with Gasteiger partial charge >= 0.3 is 0 Å². The highest BCUT2D eigenvalue weighted by Gasteiger charge is 2.48. The number of ketones is 2. The summed E-state index contributed by atoms with van der Waals surface area (Å²) in [5.74, 6) is 1.01. The van der Waals surface area contributed by atoms with E-state index < -0.39 is 43.2 Å². The first-order chi connectivity index (χ1) is 17.8. The zero-order chi connectivity index (χ0) is 27.6. The summed E-state index contributed by atoms with van der Waals surface area (Å²) in [5.41, 5.74) is 1.35. The predicted molar refractivity (Wildman–Crippen MR) is 135 cm³/mol. The first-order valence-corrected chi connectivity index (χ1v) is 13.1. The van der Waals surface area contributed by atoms with Gasteiger partial charge in [0.1, 0.15) is 41.7 Å². The van der Waals surface area contributed by atoms with Gasteiger partial charge in [-0.05, 0) is 28.5 Å². The lowest BCUT2D eigenvalue weighted by atomic mass is 9.65. The molecule has 4 aliphatic rings. The highest BCUT2D eigenvalue weighted by atomic mass is 16.7. The fraction of sp³-hybridized carbons (Fsp3) is 0.586. The first-order valence-electron chi connectivity index (χ1n) is 13.1. The van der Waals surface area contributed by atoms with Gasteiger partial charge in [0.2, 0.25) is 6.29 Å². The molecule has 1 saturated heterocycles. The summed E-state index contributed by atoms with van der Waals surface area (Å²) < 4.78 is 17.5. The quantitative estimate of drug-likeness (QED) is 0.463. The van der Waals surface area contributed by atoms with Crippen molar-refractivity contribution < 1.29 is 44.2 Å². The zero-order valence-corrected chi connectivity index (χ0v) is 22.1. The molecule has 9 heteroatoms. The molecular weight excluding hydrogens is 492 g/mol. The van der Waals surface area contributed by atoms with Gasteiger partial charge in [0.15, 0.2) is 11.6 Å². The summed E-state index contributed by atoms with van der Waals surface area (Å²) in [6, 6.07) is 6.82. The number of hydrogen-bond acceptors (Lipinski definition) is 9. The summed E-state index contributed by atoms with van der Waals surface area (Å²) in [5, 5.41) is 39.8. The van der Waals surface area contributed by atoms with Crippen molar-refractivity contribution in [3.8, 4) is 5.75 Å². The smallest absolute Gasteiger partial charge is 0.229 e. The average molecular weight is 529 g/mol. The van der Waals surface area contributed by atoms with Crippen molar-refractivity contribution in [3.05, 3.63) is 52.5 Å². The van der Waals surface area contributed by atoms with Gasteiger partial charge in [0.25, 0.3) is 0 Å². The Hall–Kier alpha value is -2.56. The van der Waals surface area contributed by atoms with Crippen molar-refractivity contribution in [3.63, 3.8) is 0 Å². The number of carbonyl (C=O) groups is 2. The highest BCUT2D eigenvalue weighted by molar-refractivity contribution is 6.06. The molecule has 206 valence electrons. The number of carbonyl (C=O) groups excluding carboxylic acids is 2. The Labute approximate surface area is 221 Å². The molecular formula is C29H36O9. The van der Waals surface area contributed by atoms with E-state index in [9.17, 15) is 30.0 Å². The normalized spacial score (nSPS) is 33.0. The van der Waals surface area contributed by atoms with Crippen molar-refractivity contribution >= 4 is 11.6 Å². The molecule has 5 atom stereocenters. The van der Waals surface area contributed by atoms with Crippen molar-refractivity contribution in [2.75, 3.05) is 6.61 Å². The minimum atomic E-state index is -1.55. The molecule has 4 N–H and O–H groups in total. The molecule has 0 bridgehead atoms. The molecule has 1 fully saturated rings. The van der Waals surface area contributed by atoms with Crippen LogP contribution in [-0.4, -0.2) is 69.3 Å². The van der Waals surface area contributed by atoms with Crippen LogP contribution in [0.3, 0.4) is 0 Å². The number of allylic oxidation sites excluding steroid dienone is 4. The van der Waals surface area contributed by atoms with Gasteiger partial charge in [-0.1, -0.05) is 39.8 Å². The number of rotatable bonds is 4. The summed E-state index contributed by atoms with van der Waals surface area (Å²) in [6.45, 7) is 7.60. The molecule has 2 aliphatic carbocycles.